The summed E-state index contributed by atoms with van der Waals surface area (Å²) in [5.74, 6) is 3.72. The molecule has 0 aromatic heterocycles. The molecule has 0 amide bonds. The summed E-state index contributed by atoms with van der Waals surface area (Å²) in [6, 6.07) is 0. The zero-order valence-electron chi connectivity index (χ0n) is 7.84. The number of hydroxylamine groups is 1. The van der Waals surface area contributed by atoms with Crippen LogP contribution in [-0.2, 0) is 4.84 Å². The Morgan fingerprint density at radius 1 is 1.58 bits per heavy atom. The fourth-order valence-electron chi connectivity index (χ4n) is 1.58. The van der Waals surface area contributed by atoms with Crippen molar-refractivity contribution in [3.05, 3.63) is 0 Å². The highest BCUT2D eigenvalue weighted by molar-refractivity contribution is 7.99. The maximum Gasteiger partial charge on any atom is 0.0682 e. The van der Waals surface area contributed by atoms with Crippen LogP contribution in [0.4, 0.5) is 0 Å². The molecule has 1 aliphatic rings. The zero-order valence-corrected chi connectivity index (χ0v) is 8.66. The lowest BCUT2D eigenvalue weighted by Gasteiger charge is -2.20. The monoisotopic (exact) mass is 189 g/mol. The van der Waals surface area contributed by atoms with Gasteiger partial charge in [0.2, 0.25) is 0 Å². The Hall–Kier alpha value is 0.270. The van der Waals surface area contributed by atoms with Crippen LogP contribution in [-0.4, -0.2) is 25.2 Å². The maximum atomic E-state index is 5.07. The zero-order chi connectivity index (χ0) is 8.65. The standard InChI is InChI=1S/C9H19NOS/c1-10-11-6-2-4-9-5-3-7-12-8-9/h9-10H,2-8H2,1H3. The summed E-state index contributed by atoms with van der Waals surface area (Å²) in [5, 5.41) is 0. The molecule has 0 radical (unpaired) electrons. The van der Waals surface area contributed by atoms with Crippen LogP contribution in [0.1, 0.15) is 25.7 Å². The second kappa shape index (κ2) is 6.75. The fraction of sp³-hybridized carbons (Fsp3) is 1.00. The second-order valence-corrected chi connectivity index (χ2v) is 4.43. The Bertz CT molecular complexity index is 105. The van der Waals surface area contributed by atoms with E-state index in [4.69, 9.17) is 4.84 Å². The van der Waals surface area contributed by atoms with Crippen molar-refractivity contribution in [3.63, 3.8) is 0 Å². The lowest BCUT2D eigenvalue weighted by atomic mass is 10.00. The van der Waals surface area contributed by atoms with Crippen molar-refractivity contribution in [2.45, 2.75) is 25.7 Å². The fourth-order valence-corrected chi connectivity index (χ4v) is 2.79. The van der Waals surface area contributed by atoms with E-state index in [0.717, 1.165) is 12.5 Å². The first-order valence-electron chi connectivity index (χ1n) is 4.79. The molecule has 0 aromatic carbocycles. The van der Waals surface area contributed by atoms with Crippen LogP contribution in [0.5, 0.6) is 0 Å². The average molecular weight is 189 g/mol. The molecule has 0 saturated carbocycles. The molecule has 1 fully saturated rings. The molecular weight excluding hydrogens is 170 g/mol. The molecule has 0 spiro atoms. The van der Waals surface area contributed by atoms with E-state index in [0.29, 0.717) is 0 Å². The van der Waals surface area contributed by atoms with Gasteiger partial charge in [-0.15, -0.1) is 0 Å². The van der Waals surface area contributed by atoms with Gasteiger partial charge in [-0.1, -0.05) is 0 Å². The number of rotatable bonds is 5. The van der Waals surface area contributed by atoms with Gasteiger partial charge in [0, 0.05) is 7.05 Å². The first-order valence-corrected chi connectivity index (χ1v) is 5.95. The van der Waals surface area contributed by atoms with E-state index in [1.165, 1.54) is 37.2 Å². The third-order valence-electron chi connectivity index (χ3n) is 2.26. The van der Waals surface area contributed by atoms with E-state index in [1.54, 1.807) is 0 Å². The lowest BCUT2D eigenvalue weighted by Crippen LogP contribution is -2.13. The molecule has 0 bridgehead atoms. The minimum Gasteiger partial charge on any atom is -0.302 e. The Morgan fingerprint density at radius 2 is 2.50 bits per heavy atom. The normalized spacial score (nSPS) is 24.2. The number of hydrogen-bond acceptors (Lipinski definition) is 3. The molecule has 1 unspecified atom stereocenters. The van der Waals surface area contributed by atoms with E-state index in [9.17, 15) is 0 Å². The molecule has 0 aliphatic carbocycles. The summed E-state index contributed by atoms with van der Waals surface area (Å²) in [4.78, 5) is 5.07. The van der Waals surface area contributed by atoms with Crippen molar-refractivity contribution in [2.24, 2.45) is 5.92 Å². The smallest absolute Gasteiger partial charge is 0.0682 e. The second-order valence-electron chi connectivity index (χ2n) is 3.28. The highest BCUT2D eigenvalue weighted by Gasteiger charge is 2.12. The van der Waals surface area contributed by atoms with E-state index < -0.39 is 0 Å². The van der Waals surface area contributed by atoms with Crippen molar-refractivity contribution in [1.29, 1.82) is 0 Å². The van der Waals surface area contributed by atoms with Crippen LogP contribution < -0.4 is 5.48 Å². The molecule has 1 rings (SSSR count). The van der Waals surface area contributed by atoms with Gasteiger partial charge in [-0.2, -0.15) is 11.8 Å². The van der Waals surface area contributed by atoms with Gasteiger partial charge in [-0.25, -0.2) is 5.48 Å². The van der Waals surface area contributed by atoms with Crippen molar-refractivity contribution >= 4 is 11.8 Å². The van der Waals surface area contributed by atoms with Gasteiger partial charge in [0.1, 0.15) is 0 Å². The predicted octanol–water partition coefficient (Wildman–Crippen LogP) is 2.06. The minimum atomic E-state index is 0.859. The molecule has 2 nitrogen and oxygen atoms in total. The van der Waals surface area contributed by atoms with Gasteiger partial charge in [0.15, 0.2) is 0 Å². The third kappa shape index (κ3) is 4.33. The predicted molar refractivity (Wildman–Crippen MR) is 54.3 cm³/mol. The molecule has 1 atom stereocenters. The quantitative estimate of drug-likeness (QED) is 0.528. The van der Waals surface area contributed by atoms with Crippen LogP contribution in [0.15, 0.2) is 0 Å². The van der Waals surface area contributed by atoms with Gasteiger partial charge in [0.05, 0.1) is 6.61 Å². The molecule has 1 heterocycles. The Labute approximate surface area is 79.4 Å². The van der Waals surface area contributed by atoms with Crippen LogP contribution in [0.25, 0.3) is 0 Å². The maximum absolute atomic E-state index is 5.07. The van der Waals surface area contributed by atoms with Gasteiger partial charge in [0.25, 0.3) is 0 Å². The summed E-state index contributed by atoms with van der Waals surface area (Å²) in [5.41, 5.74) is 2.70. The van der Waals surface area contributed by atoms with E-state index in [2.05, 4.69) is 17.2 Å². The topological polar surface area (TPSA) is 21.3 Å². The van der Waals surface area contributed by atoms with Gasteiger partial charge >= 0.3 is 0 Å². The van der Waals surface area contributed by atoms with Crippen LogP contribution in [0, 0.1) is 5.92 Å². The van der Waals surface area contributed by atoms with Crippen LogP contribution in [0.3, 0.4) is 0 Å². The highest BCUT2D eigenvalue weighted by atomic mass is 32.2. The number of hydrogen-bond donors (Lipinski definition) is 1. The summed E-state index contributed by atoms with van der Waals surface area (Å²) >= 11 is 2.11. The van der Waals surface area contributed by atoms with E-state index in [-0.39, 0.29) is 0 Å². The van der Waals surface area contributed by atoms with Crippen LogP contribution in [0.2, 0.25) is 0 Å². The molecule has 1 aliphatic heterocycles. The number of thioether (sulfide) groups is 1. The Balaban J connectivity index is 1.91. The number of nitrogens with one attached hydrogen (secondary N) is 1. The summed E-state index contributed by atoms with van der Waals surface area (Å²) < 4.78 is 0. The SMILES string of the molecule is CNOCCCC1CCCSC1. The summed E-state index contributed by atoms with van der Waals surface area (Å²) in [7, 11) is 1.82. The van der Waals surface area contributed by atoms with Crippen molar-refractivity contribution in [2.75, 3.05) is 25.2 Å². The van der Waals surface area contributed by atoms with E-state index in [1.807, 2.05) is 7.05 Å². The van der Waals surface area contributed by atoms with Crippen molar-refractivity contribution in [3.8, 4) is 0 Å². The molecule has 3 heteroatoms. The third-order valence-corrected chi connectivity index (χ3v) is 3.54. The van der Waals surface area contributed by atoms with E-state index >= 15 is 0 Å². The highest BCUT2D eigenvalue weighted by Crippen LogP contribution is 2.25. The van der Waals surface area contributed by atoms with Gasteiger partial charge in [-0.3, -0.25) is 0 Å². The first kappa shape index (κ1) is 10.4. The van der Waals surface area contributed by atoms with Gasteiger partial charge in [-0.05, 0) is 43.1 Å². The van der Waals surface area contributed by atoms with Crippen molar-refractivity contribution in [1.82, 2.24) is 5.48 Å². The molecule has 1 N–H and O–H groups in total. The first-order chi connectivity index (χ1) is 5.93. The molecule has 0 aromatic rings. The Kier molecular flexibility index (Phi) is 5.82. The lowest BCUT2D eigenvalue weighted by molar-refractivity contribution is 0.0533. The minimum absolute atomic E-state index is 0.859. The van der Waals surface area contributed by atoms with Gasteiger partial charge < -0.3 is 4.84 Å². The largest absolute Gasteiger partial charge is 0.302 e. The average Bonchev–Trinajstić information content (AvgIpc) is 2.14. The molecule has 12 heavy (non-hydrogen) atoms. The molecular formula is C9H19NOS. The van der Waals surface area contributed by atoms with Crippen molar-refractivity contribution < 1.29 is 4.84 Å². The molecule has 1 saturated heterocycles. The summed E-state index contributed by atoms with van der Waals surface area (Å²) in [6.45, 7) is 0.859. The molecule has 72 valence electrons. The summed E-state index contributed by atoms with van der Waals surface area (Å²) in [6.07, 6.45) is 5.40. The Morgan fingerprint density at radius 3 is 3.17 bits per heavy atom. The van der Waals surface area contributed by atoms with Crippen LogP contribution >= 0.6 is 11.8 Å².